The van der Waals surface area contributed by atoms with E-state index in [1.54, 1.807) is 12.1 Å². The lowest BCUT2D eigenvalue weighted by Gasteiger charge is -2.15. The van der Waals surface area contributed by atoms with E-state index in [9.17, 15) is 9.59 Å². The Morgan fingerprint density at radius 3 is 2.58 bits per heavy atom. The van der Waals surface area contributed by atoms with Gasteiger partial charge in [-0.2, -0.15) is 0 Å². The van der Waals surface area contributed by atoms with E-state index < -0.39 is 0 Å². The number of carbonyl (C=O) groups is 2. The third-order valence-corrected chi connectivity index (χ3v) is 3.72. The molecule has 0 spiro atoms. The van der Waals surface area contributed by atoms with E-state index in [4.69, 9.17) is 27.5 Å². The molecule has 0 aromatic heterocycles. The maximum Gasteiger partial charge on any atom is 0.224 e. The second-order valence-electron chi connectivity index (χ2n) is 5.80. The summed E-state index contributed by atoms with van der Waals surface area (Å²) in [7, 11) is 0. The van der Waals surface area contributed by atoms with Crippen molar-refractivity contribution in [1.82, 2.24) is 5.32 Å². The third-order valence-electron chi connectivity index (χ3n) is 3.41. The molecule has 1 rings (SSSR count). The molecular formula is C18H25ClN4O3. The minimum Gasteiger partial charge on any atom is -0.499 e. The van der Waals surface area contributed by atoms with Crippen LogP contribution in [0.4, 0.5) is 5.69 Å². The van der Waals surface area contributed by atoms with Crippen LogP contribution < -0.4 is 16.4 Å². The summed E-state index contributed by atoms with van der Waals surface area (Å²) in [6, 6.07) is 4.54. The first-order valence-corrected chi connectivity index (χ1v) is 8.64. The molecule has 8 heteroatoms. The third kappa shape index (κ3) is 7.57. The molecule has 2 amide bonds. The van der Waals surface area contributed by atoms with Crippen LogP contribution in [0.3, 0.4) is 0 Å². The molecule has 0 heterocycles. The number of amidine groups is 1. The average Bonchev–Trinajstić information content (AvgIpc) is 2.52. The zero-order valence-corrected chi connectivity index (χ0v) is 15.8. The van der Waals surface area contributed by atoms with E-state index >= 15 is 0 Å². The fourth-order valence-corrected chi connectivity index (χ4v) is 2.55. The smallest absolute Gasteiger partial charge is 0.224 e. The van der Waals surface area contributed by atoms with Gasteiger partial charge in [-0.05, 0) is 32.0 Å². The van der Waals surface area contributed by atoms with Gasteiger partial charge in [0.15, 0.2) is 0 Å². The van der Waals surface area contributed by atoms with Crippen molar-refractivity contribution >= 4 is 34.9 Å². The second kappa shape index (κ2) is 10.5. The zero-order chi connectivity index (χ0) is 19.7. The van der Waals surface area contributed by atoms with Crippen molar-refractivity contribution in [2.75, 3.05) is 11.9 Å². The normalized spacial score (nSPS) is 11.3. The molecule has 0 aliphatic rings. The molecule has 26 heavy (non-hydrogen) atoms. The number of hydrogen-bond donors (Lipinski definition) is 4. The van der Waals surface area contributed by atoms with Gasteiger partial charge in [0.1, 0.15) is 5.84 Å². The number of nitrogen functional groups attached to an aromatic ring is 1. The molecule has 1 atom stereocenters. The molecule has 0 saturated heterocycles. The number of rotatable bonds is 10. The van der Waals surface area contributed by atoms with Crippen molar-refractivity contribution in [3.63, 3.8) is 0 Å². The molecule has 1 unspecified atom stereocenters. The number of nitrogens with two attached hydrogens (primary N) is 1. The minimum absolute atomic E-state index is 0.0387. The largest absolute Gasteiger partial charge is 0.499 e. The van der Waals surface area contributed by atoms with Crippen LogP contribution in [0.2, 0.25) is 5.02 Å². The Morgan fingerprint density at radius 1 is 1.35 bits per heavy atom. The lowest BCUT2D eigenvalue weighted by atomic mass is 10.1. The summed E-state index contributed by atoms with van der Waals surface area (Å²) in [6.07, 6.45) is 0.625. The highest BCUT2D eigenvalue weighted by Crippen LogP contribution is 2.20. The second-order valence-corrected chi connectivity index (χ2v) is 6.21. The van der Waals surface area contributed by atoms with Crippen molar-refractivity contribution in [1.29, 1.82) is 5.41 Å². The molecule has 0 fully saturated rings. The van der Waals surface area contributed by atoms with Crippen molar-refractivity contribution in [2.45, 2.75) is 39.2 Å². The van der Waals surface area contributed by atoms with E-state index in [0.717, 1.165) is 0 Å². The van der Waals surface area contributed by atoms with Crippen molar-refractivity contribution < 1.29 is 14.3 Å². The van der Waals surface area contributed by atoms with Gasteiger partial charge in [-0.15, -0.1) is 0 Å². The number of benzene rings is 1. The van der Waals surface area contributed by atoms with Gasteiger partial charge in [-0.3, -0.25) is 15.0 Å². The predicted octanol–water partition coefficient (Wildman–Crippen LogP) is 2.79. The number of ether oxygens (including phenoxy) is 1. The molecule has 142 valence electrons. The summed E-state index contributed by atoms with van der Waals surface area (Å²) in [4.78, 5) is 23.9. The molecule has 0 radical (unpaired) electrons. The molecular weight excluding hydrogens is 356 g/mol. The first-order valence-electron chi connectivity index (χ1n) is 8.26. The summed E-state index contributed by atoms with van der Waals surface area (Å²) >= 11 is 6.00. The maximum absolute atomic E-state index is 12.0. The first kappa shape index (κ1) is 21.5. The number of amides is 2. The highest BCUT2D eigenvalue weighted by atomic mass is 35.5. The van der Waals surface area contributed by atoms with Gasteiger partial charge in [0.25, 0.3) is 0 Å². The van der Waals surface area contributed by atoms with Gasteiger partial charge >= 0.3 is 0 Å². The number of halogens is 1. The van der Waals surface area contributed by atoms with Crippen molar-refractivity contribution in [3.8, 4) is 0 Å². The monoisotopic (exact) mass is 380 g/mol. The van der Waals surface area contributed by atoms with Crippen LogP contribution >= 0.6 is 11.6 Å². The summed E-state index contributed by atoms with van der Waals surface area (Å²) in [5.41, 5.74) is 6.26. The van der Waals surface area contributed by atoms with E-state index in [-0.39, 0.29) is 41.6 Å². The molecule has 7 nitrogen and oxygen atoms in total. The van der Waals surface area contributed by atoms with Crippen molar-refractivity contribution in [2.24, 2.45) is 5.73 Å². The number of hydrogen-bond acceptors (Lipinski definition) is 4. The average molecular weight is 381 g/mol. The quantitative estimate of drug-likeness (QED) is 0.283. The Hall–Kier alpha value is -2.54. The fraction of sp³-hybridized carbons (Fsp3) is 0.389. The minimum atomic E-state index is -0.307. The van der Waals surface area contributed by atoms with E-state index in [1.165, 1.54) is 6.07 Å². The van der Waals surface area contributed by atoms with Crippen LogP contribution in [0.1, 0.15) is 38.7 Å². The molecule has 1 aromatic carbocycles. The van der Waals surface area contributed by atoms with Gasteiger partial charge < -0.3 is 21.1 Å². The zero-order valence-electron chi connectivity index (χ0n) is 15.0. The van der Waals surface area contributed by atoms with E-state index in [2.05, 4.69) is 17.2 Å². The molecule has 1 aromatic rings. The Morgan fingerprint density at radius 2 is 2.00 bits per heavy atom. The fourth-order valence-electron chi connectivity index (χ4n) is 2.26. The Balaban J connectivity index is 2.42. The van der Waals surface area contributed by atoms with Gasteiger partial charge in [-0.1, -0.05) is 18.2 Å². The number of anilines is 1. The van der Waals surface area contributed by atoms with Gasteiger partial charge in [-0.25, -0.2) is 0 Å². The Labute approximate surface area is 158 Å². The molecule has 0 aliphatic heterocycles. The highest BCUT2D eigenvalue weighted by molar-refractivity contribution is 6.34. The van der Waals surface area contributed by atoms with Crippen LogP contribution in [-0.4, -0.2) is 30.3 Å². The predicted molar refractivity (Wildman–Crippen MR) is 103 cm³/mol. The molecule has 0 bridgehead atoms. The maximum atomic E-state index is 12.0. The van der Waals surface area contributed by atoms with Gasteiger partial charge in [0.2, 0.25) is 11.8 Å². The summed E-state index contributed by atoms with van der Waals surface area (Å²) in [5, 5.41) is 13.1. The summed E-state index contributed by atoms with van der Waals surface area (Å²) < 4.78 is 5.25. The van der Waals surface area contributed by atoms with Gasteiger partial charge in [0, 0.05) is 36.6 Å². The van der Waals surface area contributed by atoms with Crippen LogP contribution in [0.5, 0.6) is 0 Å². The number of nitrogens with one attached hydrogen (secondary N) is 3. The SMILES string of the molecule is C=C(CC(C)NC(=O)CCC(=O)Nc1ccc(C(=N)N)c(Cl)c1)OCC. The highest BCUT2D eigenvalue weighted by Gasteiger charge is 2.12. The van der Waals surface area contributed by atoms with Crippen LogP contribution in [0, 0.1) is 5.41 Å². The topological polar surface area (TPSA) is 117 Å². The van der Waals surface area contributed by atoms with E-state index in [1.807, 2.05) is 13.8 Å². The molecule has 5 N–H and O–H groups in total. The standard InChI is InChI=1S/C18H25ClN4O3/c1-4-26-12(3)9-11(2)22-16(24)7-8-17(25)23-13-5-6-14(18(20)21)15(19)10-13/h5-6,10-11H,3-4,7-9H2,1-2H3,(H3,20,21)(H,22,24)(H,23,25). The Kier molecular flexibility index (Phi) is 8.64. The van der Waals surface area contributed by atoms with Crippen LogP contribution in [0.15, 0.2) is 30.5 Å². The van der Waals surface area contributed by atoms with Crippen LogP contribution in [-0.2, 0) is 14.3 Å². The molecule has 0 saturated carbocycles. The lowest BCUT2D eigenvalue weighted by molar-refractivity contribution is -0.124. The van der Waals surface area contributed by atoms with Gasteiger partial charge in [0.05, 0.1) is 17.4 Å². The van der Waals surface area contributed by atoms with Crippen LogP contribution in [0.25, 0.3) is 0 Å². The Bertz CT molecular complexity index is 691. The summed E-state index contributed by atoms with van der Waals surface area (Å²) in [5.74, 6) is -0.0605. The lowest BCUT2D eigenvalue weighted by Crippen LogP contribution is -2.33. The molecule has 0 aliphatic carbocycles. The number of carbonyl (C=O) groups excluding carboxylic acids is 2. The first-order chi connectivity index (χ1) is 12.2. The van der Waals surface area contributed by atoms with E-state index in [0.29, 0.717) is 30.0 Å². The summed E-state index contributed by atoms with van der Waals surface area (Å²) in [6.45, 7) is 8.02. The van der Waals surface area contributed by atoms with Crippen molar-refractivity contribution in [3.05, 3.63) is 41.1 Å².